The van der Waals surface area contributed by atoms with Crippen LogP contribution in [-0.2, 0) is 11.2 Å². The number of urea groups is 1. The molecule has 0 bridgehead atoms. The van der Waals surface area contributed by atoms with Crippen molar-refractivity contribution < 1.29 is 19.8 Å². The van der Waals surface area contributed by atoms with Gasteiger partial charge >= 0.3 is 12.0 Å². The van der Waals surface area contributed by atoms with Crippen LogP contribution in [0.25, 0.3) is 0 Å². The first-order chi connectivity index (χ1) is 9.85. The summed E-state index contributed by atoms with van der Waals surface area (Å²) in [7, 11) is 0. The molecule has 114 valence electrons. The number of carbonyl (C=O) groups is 2. The lowest BCUT2D eigenvalue weighted by atomic mass is 10.1. The number of nitrogens with one attached hydrogen (secondary N) is 1. The topological polar surface area (TPSA) is 89.9 Å². The molecule has 1 aromatic rings. The van der Waals surface area contributed by atoms with Crippen LogP contribution in [-0.4, -0.2) is 45.8 Å². The maximum absolute atomic E-state index is 12.0. The lowest BCUT2D eigenvalue weighted by molar-refractivity contribution is -0.136. The van der Waals surface area contributed by atoms with E-state index in [0.29, 0.717) is 31.6 Å². The Bertz CT molecular complexity index is 525. The van der Waals surface area contributed by atoms with E-state index < -0.39 is 11.6 Å². The Hall–Kier alpha value is -2.08. The van der Waals surface area contributed by atoms with Crippen LogP contribution in [0.4, 0.5) is 10.5 Å². The number of β-amino-alcohol motifs (C(OH)–C–C–N with tert-alkyl or cyclic N) is 1. The monoisotopic (exact) mass is 292 g/mol. The van der Waals surface area contributed by atoms with Crippen molar-refractivity contribution in [1.29, 1.82) is 0 Å². The number of aliphatic hydroxyl groups is 1. The molecule has 0 radical (unpaired) electrons. The van der Waals surface area contributed by atoms with Crippen LogP contribution in [0.1, 0.15) is 25.3 Å². The number of anilines is 1. The molecule has 3 N–H and O–H groups in total. The molecular weight excluding hydrogens is 272 g/mol. The molecule has 6 heteroatoms. The standard InChI is InChI=1S/C15H20N2O4/c1-15(21)8-9-17(10-15)14(20)16-12-5-2-11(3-6-12)4-7-13(18)19/h2-3,5-6,21H,4,7-10H2,1H3,(H,16,20)(H,18,19). The van der Waals surface area contributed by atoms with Crippen LogP contribution >= 0.6 is 0 Å². The molecule has 1 heterocycles. The quantitative estimate of drug-likeness (QED) is 0.787. The molecular formula is C15H20N2O4. The second-order valence-electron chi connectivity index (χ2n) is 5.69. The fourth-order valence-corrected chi connectivity index (χ4v) is 2.33. The number of carbonyl (C=O) groups excluding carboxylic acids is 1. The third-order valence-electron chi connectivity index (χ3n) is 3.57. The molecule has 1 saturated heterocycles. The van der Waals surface area contributed by atoms with E-state index in [1.54, 1.807) is 36.1 Å². The van der Waals surface area contributed by atoms with E-state index in [0.717, 1.165) is 5.56 Å². The van der Waals surface area contributed by atoms with E-state index in [2.05, 4.69) is 5.32 Å². The highest BCUT2D eigenvalue weighted by Gasteiger charge is 2.33. The van der Waals surface area contributed by atoms with E-state index in [4.69, 9.17) is 5.11 Å². The van der Waals surface area contributed by atoms with Crippen LogP contribution in [0.15, 0.2) is 24.3 Å². The molecule has 2 amide bonds. The minimum atomic E-state index is -0.825. The van der Waals surface area contributed by atoms with Gasteiger partial charge in [-0.05, 0) is 37.5 Å². The van der Waals surface area contributed by atoms with Gasteiger partial charge in [-0.15, -0.1) is 0 Å². The predicted octanol–water partition coefficient (Wildman–Crippen LogP) is 1.69. The zero-order valence-electron chi connectivity index (χ0n) is 12.0. The zero-order valence-corrected chi connectivity index (χ0v) is 12.0. The van der Waals surface area contributed by atoms with E-state index in [1.165, 1.54) is 0 Å². The largest absolute Gasteiger partial charge is 0.481 e. The van der Waals surface area contributed by atoms with Crippen molar-refractivity contribution in [2.45, 2.75) is 31.8 Å². The molecule has 1 aromatic carbocycles. The average Bonchev–Trinajstić information content (AvgIpc) is 2.78. The van der Waals surface area contributed by atoms with Crippen molar-refractivity contribution in [3.63, 3.8) is 0 Å². The van der Waals surface area contributed by atoms with Crippen LogP contribution < -0.4 is 5.32 Å². The van der Waals surface area contributed by atoms with Gasteiger partial charge in [0.2, 0.25) is 0 Å². The fraction of sp³-hybridized carbons (Fsp3) is 0.467. The third kappa shape index (κ3) is 4.46. The van der Waals surface area contributed by atoms with Crippen molar-refractivity contribution in [3.8, 4) is 0 Å². The molecule has 1 aliphatic rings. The molecule has 6 nitrogen and oxygen atoms in total. The summed E-state index contributed by atoms with van der Waals surface area (Å²) in [6.45, 7) is 2.59. The number of rotatable bonds is 4. The number of carboxylic acids is 1. The zero-order chi connectivity index (χ0) is 15.5. The number of aliphatic carboxylic acids is 1. The summed E-state index contributed by atoms with van der Waals surface area (Å²) in [5.74, 6) is -0.825. The molecule has 2 rings (SSSR count). The molecule has 1 fully saturated rings. The summed E-state index contributed by atoms with van der Waals surface area (Å²) in [6, 6.07) is 6.88. The summed E-state index contributed by atoms with van der Waals surface area (Å²) >= 11 is 0. The second kappa shape index (κ2) is 6.13. The Balaban J connectivity index is 1.88. The van der Waals surface area contributed by atoms with Gasteiger partial charge in [-0.2, -0.15) is 0 Å². The first-order valence-electron chi connectivity index (χ1n) is 6.95. The Labute approximate surface area is 123 Å². The lowest BCUT2D eigenvalue weighted by Crippen LogP contribution is -2.36. The van der Waals surface area contributed by atoms with Gasteiger partial charge in [-0.1, -0.05) is 12.1 Å². The van der Waals surface area contributed by atoms with Gasteiger partial charge < -0.3 is 20.4 Å². The first-order valence-corrected chi connectivity index (χ1v) is 6.95. The first kappa shape index (κ1) is 15.3. The number of hydrogen-bond donors (Lipinski definition) is 3. The van der Waals surface area contributed by atoms with E-state index in [-0.39, 0.29) is 12.5 Å². The van der Waals surface area contributed by atoms with Gasteiger partial charge in [0.25, 0.3) is 0 Å². The highest BCUT2D eigenvalue weighted by atomic mass is 16.4. The Morgan fingerprint density at radius 3 is 2.52 bits per heavy atom. The smallest absolute Gasteiger partial charge is 0.321 e. The number of amides is 2. The molecule has 0 aliphatic carbocycles. The second-order valence-corrected chi connectivity index (χ2v) is 5.69. The van der Waals surface area contributed by atoms with Gasteiger partial charge in [0.1, 0.15) is 0 Å². The van der Waals surface area contributed by atoms with Crippen molar-refractivity contribution in [3.05, 3.63) is 29.8 Å². The van der Waals surface area contributed by atoms with Crippen molar-refractivity contribution in [2.75, 3.05) is 18.4 Å². The van der Waals surface area contributed by atoms with Gasteiger partial charge in [0.05, 0.1) is 12.1 Å². The molecule has 0 spiro atoms. The maximum atomic E-state index is 12.0. The van der Waals surface area contributed by atoms with Gasteiger partial charge in [0.15, 0.2) is 0 Å². The third-order valence-corrected chi connectivity index (χ3v) is 3.57. The summed E-state index contributed by atoms with van der Waals surface area (Å²) in [4.78, 5) is 24.1. The maximum Gasteiger partial charge on any atom is 0.321 e. The normalized spacial score (nSPS) is 21.3. The van der Waals surface area contributed by atoms with Crippen LogP contribution in [0.2, 0.25) is 0 Å². The number of hydrogen-bond acceptors (Lipinski definition) is 3. The Morgan fingerprint density at radius 1 is 1.33 bits per heavy atom. The SMILES string of the molecule is CC1(O)CCN(C(=O)Nc2ccc(CCC(=O)O)cc2)C1. The Kier molecular flexibility index (Phi) is 4.47. The average molecular weight is 292 g/mol. The van der Waals surface area contributed by atoms with E-state index >= 15 is 0 Å². The molecule has 1 aliphatic heterocycles. The van der Waals surface area contributed by atoms with Crippen molar-refractivity contribution in [1.82, 2.24) is 4.90 Å². The number of carboxylic acid groups (broad SMARTS) is 1. The fourth-order valence-electron chi connectivity index (χ4n) is 2.33. The predicted molar refractivity (Wildman–Crippen MR) is 78.2 cm³/mol. The summed E-state index contributed by atoms with van der Waals surface area (Å²) in [5, 5.41) is 21.3. The molecule has 1 atom stereocenters. The van der Waals surface area contributed by atoms with E-state index in [1.807, 2.05) is 0 Å². The number of benzene rings is 1. The molecule has 1 unspecified atom stereocenters. The minimum absolute atomic E-state index is 0.0918. The van der Waals surface area contributed by atoms with Crippen LogP contribution in [0, 0.1) is 0 Å². The summed E-state index contributed by atoms with van der Waals surface area (Å²) in [6.07, 6.45) is 1.14. The van der Waals surface area contributed by atoms with Crippen molar-refractivity contribution in [2.24, 2.45) is 0 Å². The van der Waals surface area contributed by atoms with Crippen LogP contribution in [0.3, 0.4) is 0 Å². The highest BCUT2D eigenvalue weighted by Crippen LogP contribution is 2.21. The van der Waals surface area contributed by atoms with Gasteiger partial charge in [-0.3, -0.25) is 4.79 Å². The summed E-state index contributed by atoms with van der Waals surface area (Å²) in [5.41, 5.74) is 0.767. The van der Waals surface area contributed by atoms with Crippen LogP contribution in [0.5, 0.6) is 0 Å². The minimum Gasteiger partial charge on any atom is -0.481 e. The van der Waals surface area contributed by atoms with Crippen molar-refractivity contribution >= 4 is 17.7 Å². The summed E-state index contributed by atoms with van der Waals surface area (Å²) < 4.78 is 0. The van der Waals surface area contributed by atoms with E-state index in [9.17, 15) is 14.7 Å². The highest BCUT2D eigenvalue weighted by molar-refractivity contribution is 5.89. The lowest BCUT2D eigenvalue weighted by Gasteiger charge is -2.19. The molecule has 0 aromatic heterocycles. The van der Waals surface area contributed by atoms with Gasteiger partial charge in [-0.25, -0.2) is 4.79 Å². The Morgan fingerprint density at radius 2 is 2.00 bits per heavy atom. The molecule has 21 heavy (non-hydrogen) atoms. The number of likely N-dealkylation sites (tertiary alicyclic amines) is 1. The molecule has 0 saturated carbocycles. The number of nitrogens with zero attached hydrogens (tertiary/aromatic N) is 1. The number of aryl methyl sites for hydroxylation is 1. The van der Waals surface area contributed by atoms with Gasteiger partial charge in [0, 0.05) is 18.7 Å².